The second kappa shape index (κ2) is 5.76. The lowest BCUT2D eigenvalue weighted by molar-refractivity contribution is 0.0691. The number of rotatable bonds is 4. The van der Waals surface area contributed by atoms with Gasteiger partial charge in [0.1, 0.15) is 0 Å². The van der Waals surface area contributed by atoms with Gasteiger partial charge in [-0.3, -0.25) is 4.21 Å². The smallest absolute Gasteiger partial charge is 0.358 e. The summed E-state index contributed by atoms with van der Waals surface area (Å²) in [6, 6.07) is 6.55. The van der Waals surface area contributed by atoms with Gasteiger partial charge in [-0.05, 0) is 5.56 Å². The van der Waals surface area contributed by atoms with Gasteiger partial charge in [0.2, 0.25) is 0 Å². The summed E-state index contributed by atoms with van der Waals surface area (Å²) in [5.74, 6) is -1.48. The van der Waals surface area contributed by atoms with Crippen LogP contribution in [-0.4, -0.2) is 29.8 Å². The van der Waals surface area contributed by atoms with Gasteiger partial charge in [-0.1, -0.05) is 35.3 Å². The first-order valence-corrected chi connectivity index (χ1v) is 6.73. The quantitative estimate of drug-likeness (QED) is 0.797. The van der Waals surface area contributed by atoms with Gasteiger partial charge in [0, 0.05) is 11.3 Å². The van der Waals surface area contributed by atoms with Crippen molar-refractivity contribution in [2.45, 2.75) is 5.75 Å². The van der Waals surface area contributed by atoms with E-state index in [-0.39, 0.29) is 17.3 Å². The Bertz CT molecular complexity index is 673. The number of nitrogens with zero attached hydrogens (tertiary/aromatic N) is 2. The highest BCUT2D eigenvalue weighted by Crippen LogP contribution is 2.19. The predicted molar refractivity (Wildman–Crippen MR) is 71.5 cm³/mol. The van der Waals surface area contributed by atoms with Crippen LogP contribution in [0.1, 0.15) is 16.1 Å². The van der Waals surface area contributed by atoms with Crippen LogP contribution in [0.25, 0.3) is 11.3 Å². The minimum atomic E-state index is -2.15. The van der Waals surface area contributed by atoms with E-state index in [1.54, 1.807) is 24.3 Å². The van der Waals surface area contributed by atoms with Crippen LogP contribution >= 0.6 is 0 Å². The Kier molecular flexibility index (Phi) is 4.06. The molecule has 7 nitrogen and oxygen atoms in total. The lowest BCUT2D eigenvalue weighted by Gasteiger charge is -2.07. The number of carbonyl (C=O) groups is 1. The third-order valence-corrected chi connectivity index (χ3v) is 3.11. The van der Waals surface area contributed by atoms with E-state index in [1.807, 2.05) is 0 Å². The van der Waals surface area contributed by atoms with Crippen LogP contribution in [0, 0.1) is 0 Å². The molecule has 8 heteroatoms. The number of carboxylic acid groups (broad SMARTS) is 1. The summed E-state index contributed by atoms with van der Waals surface area (Å²) in [5.41, 5.74) is 6.72. The monoisotopic (exact) mass is 292 g/mol. The van der Waals surface area contributed by atoms with E-state index in [1.165, 1.54) is 6.20 Å². The van der Waals surface area contributed by atoms with Gasteiger partial charge >= 0.3 is 5.97 Å². The SMILES string of the molecule is Nc1ncc(-c2ccc(CS(=O)[O-])cc2)nc1C(=O)O. The molecular weight excluding hydrogens is 282 g/mol. The maximum absolute atomic E-state index is 10.9. The van der Waals surface area contributed by atoms with E-state index in [0.717, 1.165) is 0 Å². The molecule has 0 radical (unpaired) electrons. The van der Waals surface area contributed by atoms with Crippen LogP contribution in [0.5, 0.6) is 0 Å². The van der Waals surface area contributed by atoms with Crippen LogP contribution in [-0.2, 0) is 16.8 Å². The van der Waals surface area contributed by atoms with E-state index < -0.39 is 17.0 Å². The standard InChI is InChI=1S/C12H11N3O4S/c13-11-10(12(16)17)15-9(5-14-11)8-3-1-7(2-4-8)6-20(18)19/h1-5H,6H2,(H2,13,14)(H,16,17)(H,18,19)/p-1. The fraction of sp³-hybridized carbons (Fsp3) is 0.0833. The molecule has 0 aliphatic heterocycles. The molecule has 1 atom stereocenters. The summed E-state index contributed by atoms with van der Waals surface area (Å²) in [6.45, 7) is 0. The van der Waals surface area contributed by atoms with E-state index in [0.29, 0.717) is 16.8 Å². The molecule has 0 spiro atoms. The molecule has 0 aliphatic rings. The summed E-state index contributed by atoms with van der Waals surface area (Å²) in [6.07, 6.45) is 1.36. The van der Waals surface area contributed by atoms with Gasteiger partial charge in [-0.2, -0.15) is 0 Å². The van der Waals surface area contributed by atoms with Gasteiger partial charge in [0.25, 0.3) is 0 Å². The summed E-state index contributed by atoms with van der Waals surface area (Å²) in [5, 5.41) is 8.93. The molecule has 0 aliphatic carbocycles. The fourth-order valence-electron chi connectivity index (χ4n) is 1.60. The molecule has 1 heterocycles. The van der Waals surface area contributed by atoms with Gasteiger partial charge in [-0.15, -0.1) is 0 Å². The molecule has 0 fully saturated rings. The topological polar surface area (TPSA) is 129 Å². The van der Waals surface area contributed by atoms with Crippen LogP contribution in [0.4, 0.5) is 5.82 Å². The number of carboxylic acids is 1. The summed E-state index contributed by atoms with van der Waals surface area (Å²) in [4.78, 5) is 18.6. The Morgan fingerprint density at radius 2 is 2.00 bits per heavy atom. The molecule has 104 valence electrons. The van der Waals surface area contributed by atoms with Gasteiger partial charge in [-0.25, -0.2) is 14.8 Å². The molecule has 1 aromatic carbocycles. The summed E-state index contributed by atoms with van der Waals surface area (Å²) < 4.78 is 21.2. The van der Waals surface area contributed by atoms with E-state index in [9.17, 15) is 13.6 Å². The number of aromatic carboxylic acids is 1. The first-order valence-electron chi connectivity index (χ1n) is 5.48. The van der Waals surface area contributed by atoms with Crippen molar-refractivity contribution in [1.29, 1.82) is 0 Å². The molecule has 0 saturated heterocycles. The molecule has 0 bridgehead atoms. The Morgan fingerprint density at radius 1 is 1.35 bits per heavy atom. The molecule has 2 aromatic rings. The van der Waals surface area contributed by atoms with Crippen LogP contribution in [0.3, 0.4) is 0 Å². The van der Waals surface area contributed by atoms with Crippen molar-refractivity contribution < 1.29 is 18.7 Å². The van der Waals surface area contributed by atoms with Crippen molar-refractivity contribution in [2.24, 2.45) is 0 Å². The number of aromatic nitrogens is 2. The number of hydrogen-bond donors (Lipinski definition) is 2. The molecule has 3 N–H and O–H groups in total. The molecular formula is C12H10N3O4S-. The van der Waals surface area contributed by atoms with Crippen LogP contribution in [0.2, 0.25) is 0 Å². The van der Waals surface area contributed by atoms with Crippen molar-refractivity contribution in [3.05, 3.63) is 41.7 Å². The Hall–Kier alpha value is -2.32. The lowest BCUT2D eigenvalue weighted by Crippen LogP contribution is -2.08. The molecule has 0 amide bonds. The van der Waals surface area contributed by atoms with Gasteiger partial charge in [0.05, 0.1) is 11.9 Å². The average molecular weight is 292 g/mol. The van der Waals surface area contributed by atoms with Gasteiger partial charge in [0.15, 0.2) is 11.5 Å². The molecule has 0 saturated carbocycles. The van der Waals surface area contributed by atoms with Gasteiger partial charge < -0.3 is 15.4 Å². The molecule has 2 rings (SSSR count). The zero-order valence-electron chi connectivity index (χ0n) is 10.1. The zero-order chi connectivity index (χ0) is 14.7. The summed E-state index contributed by atoms with van der Waals surface area (Å²) in [7, 11) is 0. The number of nitrogens with two attached hydrogens (primary N) is 1. The summed E-state index contributed by atoms with van der Waals surface area (Å²) >= 11 is -2.15. The lowest BCUT2D eigenvalue weighted by atomic mass is 10.1. The normalized spacial score (nSPS) is 12.1. The second-order valence-corrected chi connectivity index (χ2v) is 4.84. The molecule has 1 unspecified atom stereocenters. The van der Waals surface area contributed by atoms with Crippen molar-refractivity contribution >= 4 is 22.9 Å². The highest BCUT2D eigenvalue weighted by molar-refractivity contribution is 7.78. The van der Waals surface area contributed by atoms with Crippen molar-refractivity contribution in [3.8, 4) is 11.3 Å². The van der Waals surface area contributed by atoms with Crippen molar-refractivity contribution in [2.75, 3.05) is 5.73 Å². The van der Waals surface area contributed by atoms with Crippen molar-refractivity contribution in [3.63, 3.8) is 0 Å². The highest BCUT2D eigenvalue weighted by Gasteiger charge is 2.12. The first-order chi connectivity index (χ1) is 9.47. The van der Waals surface area contributed by atoms with E-state index in [2.05, 4.69) is 9.97 Å². The molecule has 20 heavy (non-hydrogen) atoms. The second-order valence-electron chi connectivity index (χ2n) is 3.94. The number of benzene rings is 1. The Morgan fingerprint density at radius 3 is 2.55 bits per heavy atom. The Labute approximate surface area is 116 Å². The predicted octanol–water partition coefficient (Wildman–Crippen LogP) is 0.803. The zero-order valence-corrected chi connectivity index (χ0v) is 11.0. The van der Waals surface area contributed by atoms with E-state index in [4.69, 9.17) is 10.8 Å². The number of anilines is 1. The maximum atomic E-state index is 10.9. The minimum absolute atomic E-state index is 0.0753. The van der Waals surface area contributed by atoms with Crippen LogP contribution < -0.4 is 5.73 Å². The number of nitrogen functional groups attached to an aromatic ring is 1. The minimum Gasteiger partial charge on any atom is -0.772 e. The maximum Gasteiger partial charge on any atom is 0.358 e. The highest BCUT2D eigenvalue weighted by atomic mass is 32.2. The third kappa shape index (κ3) is 3.16. The van der Waals surface area contributed by atoms with Crippen molar-refractivity contribution in [1.82, 2.24) is 9.97 Å². The first kappa shape index (κ1) is 14.1. The average Bonchev–Trinajstić information content (AvgIpc) is 2.39. The fourth-order valence-corrected chi connectivity index (χ4v) is 2.07. The van der Waals surface area contributed by atoms with Crippen LogP contribution in [0.15, 0.2) is 30.5 Å². The molecule has 1 aromatic heterocycles. The Balaban J connectivity index is 2.34. The van der Waals surface area contributed by atoms with E-state index >= 15 is 0 Å². The third-order valence-electron chi connectivity index (χ3n) is 2.54. The largest absolute Gasteiger partial charge is 0.772 e. The number of hydrogen-bond acceptors (Lipinski definition) is 6.